The Balaban J connectivity index is 0.000000387. The van der Waals surface area contributed by atoms with E-state index in [-0.39, 0.29) is 12.2 Å². The summed E-state index contributed by atoms with van der Waals surface area (Å²) in [7, 11) is 0. The van der Waals surface area contributed by atoms with Crippen molar-refractivity contribution in [3.63, 3.8) is 0 Å². The highest BCUT2D eigenvalue weighted by Gasteiger charge is 2.12. The lowest BCUT2D eigenvalue weighted by atomic mass is 10.1. The van der Waals surface area contributed by atoms with Crippen LogP contribution in [0, 0.1) is 0 Å². The minimum Gasteiger partial charge on any atom is -0.478 e. The van der Waals surface area contributed by atoms with Crippen molar-refractivity contribution in [2.75, 3.05) is 6.61 Å². The normalized spacial score (nSPS) is 9.78. The summed E-state index contributed by atoms with van der Waals surface area (Å²) in [4.78, 5) is 31.1. The van der Waals surface area contributed by atoms with E-state index in [0.717, 1.165) is 0 Å². The number of Topliss-reactive ketones (excluding diaryl/α,β-unsaturated/α-hetero) is 1. The van der Waals surface area contributed by atoms with Crippen LogP contribution in [0.5, 0.6) is 0 Å². The largest absolute Gasteiger partial charge is 0.478 e. The van der Waals surface area contributed by atoms with Crippen molar-refractivity contribution >= 4 is 17.7 Å². The SMILES string of the molecule is CC(C)(O)CCO.O=C(O)C(=O)c1ccccc1.O=C(O)c1ccccc1. The van der Waals surface area contributed by atoms with Gasteiger partial charge >= 0.3 is 11.9 Å². The second-order valence-electron chi connectivity index (χ2n) is 5.96. The third-order valence-corrected chi connectivity index (χ3v) is 2.97. The van der Waals surface area contributed by atoms with E-state index < -0.39 is 23.3 Å². The van der Waals surface area contributed by atoms with Gasteiger partial charge in [-0.2, -0.15) is 0 Å². The lowest BCUT2D eigenvalue weighted by Gasteiger charge is -2.13. The van der Waals surface area contributed by atoms with E-state index in [0.29, 0.717) is 12.0 Å². The number of carboxylic acid groups (broad SMARTS) is 2. The molecule has 2 aromatic carbocycles. The van der Waals surface area contributed by atoms with Gasteiger partial charge in [-0.15, -0.1) is 0 Å². The zero-order chi connectivity index (χ0) is 20.9. The highest BCUT2D eigenvalue weighted by Crippen LogP contribution is 2.04. The number of hydrogen-bond donors (Lipinski definition) is 4. The van der Waals surface area contributed by atoms with Gasteiger partial charge in [0.1, 0.15) is 0 Å². The smallest absolute Gasteiger partial charge is 0.377 e. The number of carbonyl (C=O) groups is 3. The molecule has 0 aromatic heterocycles. The number of aromatic carboxylic acids is 1. The second-order valence-corrected chi connectivity index (χ2v) is 5.96. The van der Waals surface area contributed by atoms with Crippen LogP contribution in [0.2, 0.25) is 0 Å². The Labute approximate surface area is 157 Å². The van der Waals surface area contributed by atoms with E-state index in [2.05, 4.69) is 0 Å². The summed E-state index contributed by atoms with van der Waals surface area (Å²) in [5.41, 5.74) is -0.160. The number of aliphatic carboxylic acids is 1. The molecule has 0 radical (unpaired) electrons. The molecule has 0 atom stereocenters. The second kappa shape index (κ2) is 12.3. The van der Waals surface area contributed by atoms with Gasteiger partial charge in [-0.3, -0.25) is 4.79 Å². The molecule has 0 spiro atoms. The zero-order valence-corrected chi connectivity index (χ0v) is 15.2. The fourth-order valence-corrected chi connectivity index (χ4v) is 1.57. The summed E-state index contributed by atoms with van der Waals surface area (Å²) in [5.74, 6) is -3.17. The van der Waals surface area contributed by atoms with Gasteiger partial charge in [-0.05, 0) is 32.4 Å². The summed E-state index contributed by atoms with van der Waals surface area (Å²) in [6.45, 7) is 3.40. The number of rotatable bonds is 5. The van der Waals surface area contributed by atoms with Crippen LogP contribution in [0.1, 0.15) is 41.0 Å². The minimum atomic E-state index is -1.42. The number of aliphatic hydroxyl groups excluding tert-OH is 1. The quantitative estimate of drug-likeness (QED) is 0.465. The first kappa shape index (κ1) is 24.0. The third kappa shape index (κ3) is 12.0. The Hall–Kier alpha value is -3.03. The molecule has 0 aliphatic heterocycles. The molecule has 0 bridgehead atoms. The van der Waals surface area contributed by atoms with E-state index in [1.54, 1.807) is 62.4 Å². The number of carboxylic acids is 2. The van der Waals surface area contributed by atoms with Gasteiger partial charge in [0.25, 0.3) is 5.78 Å². The van der Waals surface area contributed by atoms with Crippen molar-refractivity contribution in [3.05, 3.63) is 71.8 Å². The Morgan fingerprint density at radius 2 is 1.22 bits per heavy atom. The molecule has 27 heavy (non-hydrogen) atoms. The maximum absolute atomic E-state index is 10.7. The molecule has 7 heteroatoms. The first-order chi connectivity index (χ1) is 12.6. The lowest BCUT2D eigenvalue weighted by Crippen LogP contribution is -2.19. The molecule has 0 saturated carbocycles. The molecule has 0 unspecified atom stereocenters. The van der Waals surface area contributed by atoms with Gasteiger partial charge in [0.05, 0.1) is 11.2 Å². The van der Waals surface area contributed by atoms with Gasteiger partial charge in [-0.1, -0.05) is 48.5 Å². The Kier molecular flexibility index (Phi) is 11.0. The molecule has 0 amide bonds. The van der Waals surface area contributed by atoms with E-state index in [1.165, 1.54) is 12.1 Å². The van der Waals surface area contributed by atoms with Gasteiger partial charge < -0.3 is 20.4 Å². The van der Waals surface area contributed by atoms with E-state index in [1.807, 2.05) is 0 Å². The van der Waals surface area contributed by atoms with Gasteiger partial charge in [0, 0.05) is 12.2 Å². The first-order valence-corrected chi connectivity index (χ1v) is 8.02. The number of hydrogen-bond acceptors (Lipinski definition) is 5. The van der Waals surface area contributed by atoms with Crippen LogP contribution in [0.15, 0.2) is 60.7 Å². The predicted molar refractivity (Wildman–Crippen MR) is 99.8 cm³/mol. The standard InChI is InChI=1S/C8H6O3.C7H6O2.C5H12O2/c9-7(8(10)11)6-4-2-1-3-5-6;8-7(9)6-4-2-1-3-5-6;1-5(2,7)3-4-6/h1-5H,(H,10,11);1-5H,(H,8,9);6-7H,3-4H2,1-2H3. The highest BCUT2D eigenvalue weighted by atomic mass is 16.4. The fraction of sp³-hybridized carbons (Fsp3) is 0.250. The lowest BCUT2D eigenvalue weighted by molar-refractivity contribution is -0.131. The molecule has 4 N–H and O–H groups in total. The van der Waals surface area contributed by atoms with Crippen molar-refractivity contribution in [2.45, 2.75) is 25.9 Å². The number of aliphatic hydroxyl groups is 2. The van der Waals surface area contributed by atoms with Gasteiger partial charge in [-0.25, -0.2) is 9.59 Å². The number of ketones is 1. The van der Waals surface area contributed by atoms with Gasteiger partial charge in [0.2, 0.25) is 0 Å². The fourth-order valence-electron chi connectivity index (χ4n) is 1.57. The molecular formula is C20H24O7. The Morgan fingerprint density at radius 1 is 0.815 bits per heavy atom. The van der Waals surface area contributed by atoms with Gasteiger partial charge in [0.15, 0.2) is 0 Å². The average Bonchev–Trinajstić information content (AvgIpc) is 2.62. The molecular weight excluding hydrogens is 352 g/mol. The average molecular weight is 376 g/mol. The van der Waals surface area contributed by atoms with Crippen LogP contribution in [0.3, 0.4) is 0 Å². The van der Waals surface area contributed by atoms with Crippen LogP contribution in [-0.4, -0.2) is 50.4 Å². The summed E-state index contributed by atoms with van der Waals surface area (Å²) >= 11 is 0. The van der Waals surface area contributed by atoms with Crippen LogP contribution >= 0.6 is 0 Å². The van der Waals surface area contributed by atoms with Crippen LogP contribution in [0.25, 0.3) is 0 Å². The number of benzene rings is 2. The predicted octanol–water partition coefficient (Wildman–Crippen LogP) is 2.48. The molecule has 0 heterocycles. The van der Waals surface area contributed by atoms with Crippen molar-refractivity contribution < 1.29 is 34.8 Å². The minimum absolute atomic E-state index is 0.0590. The van der Waals surface area contributed by atoms with E-state index in [9.17, 15) is 14.4 Å². The molecule has 2 rings (SSSR count). The number of carbonyl (C=O) groups excluding carboxylic acids is 1. The molecule has 0 aliphatic carbocycles. The highest BCUT2D eigenvalue weighted by molar-refractivity contribution is 6.39. The summed E-state index contributed by atoms with van der Waals surface area (Å²) < 4.78 is 0. The third-order valence-electron chi connectivity index (χ3n) is 2.97. The van der Waals surface area contributed by atoms with E-state index in [4.69, 9.17) is 20.4 Å². The van der Waals surface area contributed by atoms with Crippen molar-refractivity contribution in [2.24, 2.45) is 0 Å². The maximum Gasteiger partial charge on any atom is 0.377 e. The summed E-state index contributed by atoms with van der Waals surface area (Å²) in [6.07, 6.45) is 0.451. The summed E-state index contributed by atoms with van der Waals surface area (Å²) in [5, 5.41) is 33.8. The zero-order valence-electron chi connectivity index (χ0n) is 15.2. The first-order valence-electron chi connectivity index (χ1n) is 8.02. The van der Waals surface area contributed by atoms with Crippen molar-refractivity contribution in [1.29, 1.82) is 0 Å². The van der Waals surface area contributed by atoms with Crippen molar-refractivity contribution in [3.8, 4) is 0 Å². The summed E-state index contributed by atoms with van der Waals surface area (Å²) in [6, 6.07) is 16.2. The van der Waals surface area contributed by atoms with Crippen LogP contribution in [-0.2, 0) is 4.79 Å². The Morgan fingerprint density at radius 3 is 1.44 bits per heavy atom. The molecule has 0 fully saturated rings. The van der Waals surface area contributed by atoms with Crippen LogP contribution in [0.4, 0.5) is 0 Å². The molecule has 146 valence electrons. The molecule has 0 aliphatic rings. The van der Waals surface area contributed by atoms with Crippen molar-refractivity contribution in [1.82, 2.24) is 0 Å². The maximum atomic E-state index is 10.7. The topological polar surface area (TPSA) is 132 Å². The van der Waals surface area contributed by atoms with Crippen LogP contribution < -0.4 is 0 Å². The monoisotopic (exact) mass is 376 g/mol. The van der Waals surface area contributed by atoms with E-state index >= 15 is 0 Å². The molecule has 0 saturated heterocycles. The molecule has 2 aromatic rings. The Bertz CT molecular complexity index is 704. The molecule has 7 nitrogen and oxygen atoms in total.